The minimum absolute atomic E-state index is 0.0292. The van der Waals surface area contributed by atoms with Crippen LogP contribution in [0.25, 0.3) is 0 Å². The van der Waals surface area contributed by atoms with Crippen molar-refractivity contribution in [2.24, 2.45) is 0 Å². The summed E-state index contributed by atoms with van der Waals surface area (Å²) in [4.78, 5) is 12.3. The van der Waals surface area contributed by atoms with Crippen LogP contribution in [-0.2, 0) is 4.79 Å². The highest BCUT2D eigenvalue weighted by Gasteiger charge is 2.09. The Morgan fingerprint density at radius 2 is 1.68 bits per heavy atom. The van der Waals surface area contributed by atoms with Gasteiger partial charge >= 0.3 is 0 Å². The largest absolute Gasteiger partial charge is 0.386 e. The molecule has 1 heterocycles. The van der Waals surface area contributed by atoms with Crippen molar-refractivity contribution in [3.63, 3.8) is 0 Å². The zero-order chi connectivity index (χ0) is 22.9. The third-order valence-corrected chi connectivity index (χ3v) is 4.58. The number of nitrogens with one attached hydrogen (secondary N) is 1. The van der Waals surface area contributed by atoms with Gasteiger partial charge in [-0.2, -0.15) is 0 Å². The molecule has 1 aliphatic rings. The first-order valence-corrected chi connectivity index (χ1v) is 11.0. The molecule has 0 spiro atoms. The molecule has 1 aliphatic heterocycles. The minimum Gasteiger partial charge on any atom is -0.386 e. The highest BCUT2D eigenvalue weighted by atomic mass is 16.3. The van der Waals surface area contributed by atoms with Gasteiger partial charge < -0.3 is 15.5 Å². The SMILES string of the molecule is CCC/C=C/C[C@@H]1C/C=C/C=C(C)/C=C/C=C/[C@H](O)[C@@H](O)/C=C(C)/C=C/C=C/C(=O)N1. The fourth-order valence-electron chi connectivity index (χ4n) is 2.80. The van der Waals surface area contributed by atoms with Gasteiger partial charge in [-0.25, -0.2) is 0 Å². The van der Waals surface area contributed by atoms with Crippen LogP contribution in [0.4, 0.5) is 0 Å². The van der Waals surface area contributed by atoms with E-state index in [1.54, 1.807) is 36.5 Å². The van der Waals surface area contributed by atoms with Crippen LogP contribution in [-0.4, -0.2) is 34.4 Å². The Labute approximate surface area is 187 Å². The number of allylic oxidation sites excluding steroid dienone is 11. The molecule has 0 aromatic rings. The number of carbonyl (C=O) groups excluding carboxylic acids is 1. The number of amides is 1. The van der Waals surface area contributed by atoms with Crippen molar-refractivity contribution < 1.29 is 15.0 Å². The van der Waals surface area contributed by atoms with E-state index in [9.17, 15) is 15.0 Å². The normalized spacial score (nSPS) is 32.7. The third kappa shape index (κ3) is 13.3. The zero-order valence-electron chi connectivity index (χ0n) is 18.9. The van der Waals surface area contributed by atoms with Crippen LogP contribution in [0.2, 0.25) is 0 Å². The summed E-state index contributed by atoms with van der Waals surface area (Å²) in [6.07, 6.45) is 27.3. The van der Waals surface area contributed by atoms with Crippen molar-refractivity contribution in [1.29, 1.82) is 0 Å². The van der Waals surface area contributed by atoms with Gasteiger partial charge in [0.25, 0.3) is 0 Å². The fourth-order valence-corrected chi connectivity index (χ4v) is 2.80. The summed E-state index contributed by atoms with van der Waals surface area (Å²) in [6, 6.07) is 0.0292. The summed E-state index contributed by atoms with van der Waals surface area (Å²) >= 11 is 0. The lowest BCUT2D eigenvalue weighted by molar-refractivity contribution is -0.117. The van der Waals surface area contributed by atoms with Crippen molar-refractivity contribution >= 4 is 5.91 Å². The van der Waals surface area contributed by atoms with Crippen LogP contribution in [0.15, 0.2) is 96.2 Å². The summed E-state index contributed by atoms with van der Waals surface area (Å²) < 4.78 is 0. The van der Waals surface area contributed by atoms with E-state index in [0.29, 0.717) is 0 Å². The number of rotatable bonds is 4. The summed E-state index contributed by atoms with van der Waals surface area (Å²) in [5, 5.41) is 23.2. The molecule has 1 rings (SSSR count). The molecule has 4 heteroatoms. The Kier molecular flexibility index (Phi) is 13.6. The Morgan fingerprint density at radius 1 is 0.968 bits per heavy atom. The Bertz CT molecular complexity index is 778. The lowest BCUT2D eigenvalue weighted by Crippen LogP contribution is -2.32. The maximum Gasteiger partial charge on any atom is 0.244 e. The number of unbranched alkanes of at least 4 members (excludes halogenated alkanes) is 1. The van der Waals surface area contributed by atoms with E-state index in [1.807, 2.05) is 38.2 Å². The van der Waals surface area contributed by atoms with Crippen molar-refractivity contribution in [3.05, 3.63) is 96.2 Å². The summed E-state index contributed by atoms with van der Waals surface area (Å²) in [7, 11) is 0. The van der Waals surface area contributed by atoms with E-state index in [4.69, 9.17) is 0 Å². The van der Waals surface area contributed by atoms with E-state index < -0.39 is 12.2 Å². The number of aliphatic hydroxyl groups excluding tert-OH is 2. The molecule has 0 saturated carbocycles. The van der Waals surface area contributed by atoms with Gasteiger partial charge in [-0.3, -0.25) is 4.79 Å². The predicted octanol–water partition coefficient (Wildman–Crippen LogP) is 5.02. The lowest BCUT2D eigenvalue weighted by atomic mass is 10.1. The second-order valence-electron chi connectivity index (χ2n) is 7.63. The average Bonchev–Trinajstić information content (AvgIpc) is 2.73. The standard InChI is InChI=1S/C27H37NO3/c1-4-5-6-7-17-24-18-11-8-14-22(2)15-9-12-19-25(29)26(30)21-23(3)16-10-13-20-27(31)28-24/h6-16,19-21,24-26,29-30H,4-5,17-18H2,1-3H3,(H,28,31)/b7-6+,11-8+,15-9+,16-10+,19-12+,20-13+,22-14+,23-21+/t24-,25+,26+/m1/s1. The van der Waals surface area contributed by atoms with Gasteiger partial charge in [0.05, 0.1) is 0 Å². The van der Waals surface area contributed by atoms with Crippen LogP contribution in [0.3, 0.4) is 0 Å². The van der Waals surface area contributed by atoms with Gasteiger partial charge in [0.1, 0.15) is 12.2 Å². The van der Waals surface area contributed by atoms with Gasteiger partial charge in [0.2, 0.25) is 5.91 Å². The summed E-state index contributed by atoms with van der Waals surface area (Å²) in [6.45, 7) is 5.96. The zero-order valence-corrected chi connectivity index (χ0v) is 18.9. The number of hydrogen-bond donors (Lipinski definition) is 3. The van der Waals surface area contributed by atoms with Crippen molar-refractivity contribution in [2.75, 3.05) is 0 Å². The first-order chi connectivity index (χ1) is 14.9. The maximum atomic E-state index is 12.3. The molecule has 0 aromatic carbocycles. The summed E-state index contributed by atoms with van der Waals surface area (Å²) in [5.74, 6) is -0.141. The van der Waals surface area contributed by atoms with Gasteiger partial charge in [-0.05, 0) is 33.1 Å². The molecule has 0 aliphatic carbocycles. The van der Waals surface area contributed by atoms with Gasteiger partial charge in [0.15, 0.2) is 0 Å². The molecule has 0 radical (unpaired) electrons. The molecular formula is C27H37NO3. The highest BCUT2D eigenvalue weighted by Crippen LogP contribution is 2.06. The maximum absolute atomic E-state index is 12.3. The van der Waals surface area contributed by atoms with E-state index in [2.05, 4.69) is 30.5 Å². The molecule has 3 atom stereocenters. The van der Waals surface area contributed by atoms with Crippen molar-refractivity contribution in [3.8, 4) is 0 Å². The smallest absolute Gasteiger partial charge is 0.244 e. The van der Waals surface area contributed by atoms with Crippen LogP contribution in [0.1, 0.15) is 46.5 Å². The van der Waals surface area contributed by atoms with Crippen LogP contribution >= 0.6 is 0 Å². The van der Waals surface area contributed by atoms with E-state index in [0.717, 1.165) is 36.8 Å². The Morgan fingerprint density at radius 3 is 2.45 bits per heavy atom. The molecule has 4 nitrogen and oxygen atoms in total. The monoisotopic (exact) mass is 423 g/mol. The molecule has 0 fully saturated rings. The second-order valence-corrected chi connectivity index (χ2v) is 7.63. The number of aliphatic hydroxyl groups is 2. The topological polar surface area (TPSA) is 69.6 Å². The molecule has 1 amide bonds. The average molecular weight is 424 g/mol. The number of hydrogen-bond acceptors (Lipinski definition) is 3. The fraction of sp³-hybridized carbons (Fsp3) is 0.370. The first-order valence-electron chi connectivity index (χ1n) is 11.0. The lowest BCUT2D eigenvalue weighted by Gasteiger charge is -2.14. The molecule has 0 bridgehead atoms. The van der Waals surface area contributed by atoms with Crippen LogP contribution in [0, 0.1) is 0 Å². The quantitative estimate of drug-likeness (QED) is 0.556. The highest BCUT2D eigenvalue weighted by molar-refractivity contribution is 5.88. The van der Waals surface area contributed by atoms with E-state index in [1.165, 1.54) is 6.08 Å². The second kappa shape index (κ2) is 16.1. The van der Waals surface area contributed by atoms with E-state index in [-0.39, 0.29) is 11.9 Å². The van der Waals surface area contributed by atoms with Gasteiger partial charge in [-0.15, -0.1) is 0 Å². The molecule has 168 valence electrons. The van der Waals surface area contributed by atoms with E-state index >= 15 is 0 Å². The first kappa shape index (κ1) is 26.3. The predicted molar refractivity (Wildman–Crippen MR) is 130 cm³/mol. The molecule has 3 N–H and O–H groups in total. The van der Waals surface area contributed by atoms with Gasteiger partial charge in [0, 0.05) is 12.1 Å². The molecule has 0 aromatic heterocycles. The van der Waals surface area contributed by atoms with Crippen molar-refractivity contribution in [1.82, 2.24) is 5.32 Å². The number of carbonyl (C=O) groups is 1. The molecule has 31 heavy (non-hydrogen) atoms. The van der Waals surface area contributed by atoms with Gasteiger partial charge in [-0.1, -0.05) is 103 Å². The molecule has 0 unspecified atom stereocenters. The Hall–Kier alpha value is -2.69. The molecule has 0 saturated heterocycles. The Balaban J connectivity index is 3.01. The van der Waals surface area contributed by atoms with Crippen LogP contribution < -0.4 is 5.32 Å². The van der Waals surface area contributed by atoms with Crippen molar-refractivity contribution in [2.45, 2.75) is 64.7 Å². The van der Waals surface area contributed by atoms with Crippen LogP contribution in [0.5, 0.6) is 0 Å². The minimum atomic E-state index is -1.01. The summed E-state index contributed by atoms with van der Waals surface area (Å²) in [5.41, 5.74) is 1.84. The third-order valence-electron chi connectivity index (χ3n) is 4.58. The molecular weight excluding hydrogens is 386 g/mol.